The molecule has 0 radical (unpaired) electrons. The van der Waals surface area contributed by atoms with Crippen LogP contribution < -0.4 is 15.7 Å². The topological polar surface area (TPSA) is 257 Å². The molecule has 21 nitrogen and oxygen atoms in total. The second-order valence-electron chi connectivity index (χ2n) is 26.5. The Balaban J connectivity index is 0.000000138. The van der Waals surface area contributed by atoms with Gasteiger partial charge in [0.25, 0.3) is 0 Å². The molecule has 16 aromatic rings. The van der Waals surface area contributed by atoms with E-state index in [0.717, 1.165) is 171 Å². The molecule has 2 aliphatic rings. The first kappa shape index (κ1) is 81.0. The maximum atomic E-state index is 9.97. The predicted molar refractivity (Wildman–Crippen MR) is 472 cm³/mol. The average molecular weight is 1790 g/mol. The molecule has 18 rings (SSSR count). The van der Waals surface area contributed by atoms with Crippen LogP contribution in [0.15, 0.2) is 153 Å². The SMILES string of the molecule is C.CC1(C)OB(c2ccc(B3OC(C)(C)C(C)(C)O3)c3nsnc23)OC1(C)C.COc1ccc(Br)s1.N#CCc1cccc2nsnc12.[C-]#[N+]/C(=C\c1ccc(-c2ccc(-c3ccc(/C=C(\C#N)c4cccc5nsnc45)s3)c3nsnc23)s1)c1cccc2nsnc12.[C-]#[N+]/C(=C\c1ccc(Br)s1)c1cccc2nsnc12. The van der Waals surface area contributed by atoms with Gasteiger partial charge < -0.3 is 23.4 Å². The zero-order chi connectivity index (χ0) is 77.8. The molecule has 2 aliphatic heterocycles. The number of ether oxygens (including phenoxy) is 1. The van der Waals surface area contributed by atoms with E-state index in [1.807, 2.05) is 195 Å². The van der Waals surface area contributed by atoms with Gasteiger partial charge in [-0.2, -0.15) is 63.0 Å². The lowest BCUT2D eigenvalue weighted by Crippen LogP contribution is -2.41. The molecular weight excluding hydrogens is 1730 g/mol. The van der Waals surface area contributed by atoms with Crippen LogP contribution in [0.2, 0.25) is 0 Å². The number of hydrogen-bond donors (Lipinski definition) is 0. The van der Waals surface area contributed by atoms with Crippen molar-refractivity contribution in [3.05, 3.63) is 213 Å². The number of methoxy groups -OCH3 is 1. The Kier molecular flexibility index (Phi) is 25.1. The van der Waals surface area contributed by atoms with Crippen molar-refractivity contribution in [1.29, 1.82) is 10.5 Å². The smallest absolute Gasteiger partial charge is 0.487 e. The van der Waals surface area contributed by atoms with Crippen molar-refractivity contribution >= 4 is 274 Å². The third-order valence-electron chi connectivity index (χ3n) is 18.6. The van der Waals surface area contributed by atoms with E-state index in [4.69, 9.17) is 41.8 Å². The Morgan fingerprint density at radius 1 is 0.438 bits per heavy atom. The van der Waals surface area contributed by atoms with Crippen LogP contribution in [0.25, 0.3) is 132 Å². The number of halogens is 2. The quantitative estimate of drug-likeness (QED) is 0.0625. The van der Waals surface area contributed by atoms with E-state index in [0.29, 0.717) is 23.4 Å². The summed E-state index contributed by atoms with van der Waals surface area (Å²) in [4.78, 5) is 12.5. The monoisotopic (exact) mass is 1790 g/mol. The molecule has 2 fully saturated rings. The zero-order valence-corrected chi connectivity index (χ0v) is 71.3. The standard InChI is InChI=1S/C32H14N8S5.C18H26B2N2O4S.C13H6BrN3S2.C8H5N3S.C5H5BrOS.CH4/c1-34-26(21-5-3-7-25-30(21)38-44-36-25)15-19-9-13-28(42-19)23-11-10-22(31-32(23)40-45-39-31)27-12-8-18(41-27)14-17(16-33)20-4-2-6-24-29(20)37-43-35-24;1-15(2)16(3,4)24-19(23-15)11-9-10-12(14-13(11)21-27-22-14)20-25-17(5,6)18(7,8)26-20;1-15-11(7-8-5-6-12(14)18-8)9-3-2-4-10-13(9)17-19-16-10;9-5-4-6-2-1-3-7-8(6)11-12-10-7;1-7-5-3-2-4(6)8-5;/h2-15H;9-10H,1-8H3;2-7H;1-3H,4H2;2-3H,1H3;1H4/b17-14+,26-15-;;11-7-;;;. The fourth-order valence-corrected chi connectivity index (χ4v) is 19.4. The van der Waals surface area contributed by atoms with Crippen LogP contribution >= 0.6 is 148 Å². The normalized spacial score (nSPS) is 14.8. The van der Waals surface area contributed by atoms with E-state index >= 15 is 0 Å². The van der Waals surface area contributed by atoms with E-state index in [2.05, 4.69) is 130 Å². The highest BCUT2D eigenvalue weighted by atomic mass is 79.9. The molecule has 0 saturated carbocycles. The van der Waals surface area contributed by atoms with Crippen molar-refractivity contribution in [2.45, 2.75) is 91.6 Å². The Labute approximate surface area is 703 Å². The second-order valence-corrected chi connectivity index (χ2v) is 36.8. The molecule has 0 spiro atoms. The first-order valence-electron chi connectivity index (χ1n) is 33.6. The van der Waals surface area contributed by atoms with Crippen molar-refractivity contribution in [3.63, 3.8) is 0 Å². The summed E-state index contributed by atoms with van der Waals surface area (Å²) in [6, 6.07) is 51.5. The van der Waals surface area contributed by atoms with Crippen molar-refractivity contribution in [2.24, 2.45) is 0 Å². The fraction of sp³-hybridized carbons (Fsp3) is 0.195. The molecule has 0 aliphatic carbocycles. The van der Waals surface area contributed by atoms with Crippen LogP contribution in [0.3, 0.4) is 0 Å². The lowest BCUT2D eigenvalue weighted by atomic mass is 9.72. The van der Waals surface area contributed by atoms with Crippen LogP contribution in [0.5, 0.6) is 5.06 Å². The summed E-state index contributed by atoms with van der Waals surface area (Å²) in [5.74, 6) is 0. The van der Waals surface area contributed by atoms with E-state index in [-0.39, 0.29) is 7.43 Å². The molecule has 10 aromatic heterocycles. The number of nitrogens with zero attached hydrogens (tertiary/aromatic N) is 16. The molecule has 0 unspecified atom stereocenters. The lowest BCUT2D eigenvalue weighted by molar-refractivity contribution is 0.00578. The molecule has 558 valence electrons. The third-order valence-corrected chi connectivity index (χ3v) is 27.1. The molecular formula is C77H60B2Br2N16O5S10. The Bertz CT molecular complexity index is 6140. The summed E-state index contributed by atoms with van der Waals surface area (Å²) in [5, 5.41) is 19.4. The van der Waals surface area contributed by atoms with Crippen molar-refractivity contribution in [3.8, 4) is 38.1 Å². The van der Waals surface area contributed by atoms with E-state index < -0.39 is 36.6 Å². The minimum absolute atomic E-state index is 0. The number of rotatable bonds is 12. The summed E-state index contributed by atoms with van der Waals surface area (Å²) in [7, 11) is 0.709. The van der Waals surface area contributed by atoms with E-state index in [9.17, 15) is 5.26 Å². The molecule has 12 heterocycles. The summed E-state index contributed by atoms with van der Waals surface area (Å²) in [6.07, 6.45) is 6.09. The highest BCUT2D eigenvalue weighted by Crippen LogP contribution is 2.43. The van der Waals surface area contributed by atoms with Gasteiger partial charge in [-0.05, 0) is 184 Å². The first-order valence-corrected chi connectivity index (χ1v) is 42.8. The van der Waals surface area contributed by atoms with Crippen LogP contribution in [0.1, 0.15) is 99.7 Å². The summed E-state index contributed by atoms with van der Waals surface area (Å²) in [5.41, 5.74) is 16.9. The average Bonchev–Trinajstić information content (AvgIpc) is 1.59. The fourth-order valence-electron chi connectivity index (χ4n) is 11.5. The van der Waals surface area contributed by atoms with Crippen molar-refractivity contribution < 1.29 is 23.4 Å². The number of fused-ring (bicyclic) bond motifs is 6. The number of thiophene rings is 4. The lowest BCUT2D eigenvalue weighted by Gasteiger charge is -2.32. The molecule has 0 atom stereocenters. The molecule has 2 saturated heterocycles. The third kappa shape index (κ3) is 17.2. The van der Waals surface area contributed by atoms with Gasteiger partial charge in [0.1, 0.15) is 66.2 Å². The highest BCUT2D eigenvalue weighted by Gasteiger charge is 2.54. The van der Waals surface area contributed by atoms with Gasteiger partial charge in [0.2, 0.25) is 0 Å². The minimum Gasteiger partial charge on any atom is -0.487 e. The summed E-state index contributed by atoms with van der Waals surface area (Å²) in [6.45, 7) is 31.6. The summed E-state index contributed by atoms with van der Waals surface area (Å²) >= 11 is 20.1. The molecule has 0 N–H and O–H groups in total. The number of nitriles is 2. The zero-order valence-electron chi connectivity index (χ0n) is 60.0. The Hall–Kier alpha value is -9.05. The van der Waals surface area contributed by atoms with Crippen LogP contribution in [-0.2, 0) is 25.0 Å². The van der Waals surface area contributed by atoms with Gasteiger partial charge in [0.15, 0.2) is 16.5 Å². The predicted octanol–water partition coefficient (Wildman–Crippen LogP) is 21.8. The molecule has 6 aromatic carbocycles. The Morgan fingerprint density at radius 3 is 1.22 bits per heavy atom. The molecule has 0 amide bonds. The maximum absolute atomic E-state index is 9.97. The van der Waals surface area contributed by atoms with Gasteiger partial charge in [-0.25, -0.2) is 9.69 Å². The van der Waals surface area contributed by atoms with Crippen LogP contribution in [0, 0.1) is 35.8 Å². The number of hydrogen-bond acceptors (Lipinski definition) is 29. The molecule has 0 bridgehead atoms. The second kappa shape index (κ2) is 34.7. The highest BCUT2D eigenvalue weighted by molar-refractivity contribution is 9.11. The van der Waals surface area contributed by atoms with Crippen LogP contribution in [-0.4, -0.2) is 96.2 Å². The number of aromatic nitrogens is 12. The van der Waals surface area contributed by atoms with E-state index in [1.165, 1.54) is 46.9 Å². The van der Waals surface area contributed by atoms with Gasteiger partial charge in [-0.15, -0.1) is 34.0 Å². The van der Waals surface area contributed by atoms with E-state index in [1.54, 1.807) is 52.5 Å². The number of allylic oxidation sites excluding steroid dienone is 1. The Morgan fingerprint density at radius 2 is 0.812 bits per heavy atom. The number of benzene rings is 6. The summed E-state index contributed by atoms with van der Waals surface area (Å²) < 4.78 is 84.4. The molecule has 35 heteroatoms. The maximum Gasteiger partial charge on any atom is 0.497 e. The molecule has 112 heavy (non-hydrogen) atoms. The van der Waals surface area contributed by atoms with Gasteiger partial charge in [-0.1, -0.05) is 91.6 Å². The van der Waals surface area contributed by atoms with Crippen molar-refractivity contribution in [1.82, 2.24) is 52.5 Å². The van der Waals surface area contributed by atoms with Gasteiger partial charge in [-0.3, -0.25) is 0 Å². The van der Waals surface area contributed by atoms with Gasteiger partial charge in [0.05, 0.1) is 145 Å². The van der Waals surface area contributed by atoms with Crippen molar-refractivity contribution in [2.75, 3.05) is 7.11 Å². The van der Waals surface area contributed by atoms with Crippen LogP contribution in [0.4, 0.5) is 0 Å². The van der Waals surface area contributed by atoms with Gasteiger partial charge in [0, 0.05) is 63.1 Å². The minimum atomic E-state index is -0.478. The van der Waals surface area contributed by atoms with Gasteiger partial charge >= 0.3 is 14.2 Å². The largest absolute Gasteiger partial charge is 0.497 e. The first-order chi connectivity index (χ1) is 53.6.